The molecule has 0 bridgehead atoms. The number of hydrogen-bond donors (Lipinski definition) is 0. The molecule has 1 aliphatic rings. The van der Waals surface area contributed by atoms with Gasteiger partial charge in [-0.1, -0.05) is 27.5 Å². The Balaban J connectivity index is 1.96. The molecular weight excluding hydrogens is 275 g/mol. The molecule has 2 rings (SSSR count). The molecule has 82 valence electrons. The second kappa shape index (κ2) is 5.28. The van der Waals surface area contributed by atoms with Gasteiger partial charge in [0.05, 0.1) is 5.02 Å². The van der Waals surface area contributed by atoms with Crippen LogP contribution in [-0.4, -0.2) is 28.3 Å². The van der Waals surface area contributed by atoms with E-state index in [9.17, 15) is 0 Å². The van der Waals surface area contributed by atoms with Gasteiger partial charge < -0.3 is 0 Å². The van der Waals surface area contributed by atoms with E-state index in [2.05, 4.69) is 25.8 Å². The molecule has 0 aliphatic carbocycles. The quantitative estimate of drug-likeness (QED) is 0.795. The van der Waals surface area contributed by atoms with Crippen LogP contribution in [0.15, 0.2) is 18.5 Å². The van der Waals surface area contributed by atoms with Crippen LogP contribution in [0.25, 0.3) is 0 Å². The van der Waals surface area contributed by atoms with Crippen LogP contribution in [0.3, 0.4) is 0 Å². The Morgan fingerprint density at radius 2 is 2.47 bits per heavy atom. The minimum Gasteiger partial charge on any atom is -0.299 e. The third kappa shape index (κ3) is 2.92. The van der Waals surface area contributed by atoms with Gasteiger partial charge in [0.2, 0.25) is 0 Å². The third-order valence-corrected chi connectivity index (χ3v) is 4.09. The highest BCUT2D eigenvalue weighted by Crippen LogP contribution is 2.22. The minimum absolute atomic E-state index is 0.778. The molecule has 0 N–H and O–H groups in total. The van der Waals surface area contributed by atoms with Crippen molar-refractivity contribution >= 4 is 27.5 Å². The maximum absolute atomic E-state index is 6.07. The van der Waals surface area contributed by atoms with E-state index in [1.165, 1.54) is 25.1 Å². The molecule has 1 fully saturated rings. The summed E-state index contributed by atoms with van der Waals surface area (Å²) in [6, 6.07) is 2.00. The molecule has 0 spiro atoms. The van der Waals surface area contributed by atoms with Gasteiger partial charge in [-0.3, -0.25) is 9.88 Å². The van der Waals surface area contributed by atoms with Gasteiger partial charge in [0.1, 0.15) is 0 Å². The molecule has 0 aromatic carbocycles. The zero-order valence-electron chi connectivity index (χ0n) is 8.50. The van der Waals surface area contributed by atoms with Gasteiger partial charge >= 0.3 is 0 Å². The molecule has 15 heavy (non-hydrogen) atoms. The van der Waals surface area contributed by atoms with Gasteiger partial charge in [0.25, 0.3) is 0 Å². The first kappa shape index (κ1) is 11.4. The van der Waals surface area contributed by atoms with Crippen molar-refractivity contribution in [2.24, 2.45) is 5.92 Å². The van der Waals surface area contributed by atoms with Gasteiger partial charge in [0.15, 0.2) is 0 Å². The van der Waals surface area contributed by atoms with Crippen LogP contribution in [0.1, 0.15) is 12.0 Å². The van der Waals surface area contributed by atoms with E-state index in [1.54, 1.807) is 12.4 Å². The zero-order chi connectivity index (χ0) is 10.7. The summed E-state index contributed by atoms with van der Waals surface area (Å²) in [6.45, 7) is 3.30. The normalized spacial score (nSPS) is 22.1. The maximum atomic E-state index is 6.07. The topological polar surface area (TPSA) is 16.1 Å². The van der Waals surface area contributed by atoms with Gasteiger partial charge in [-0.15, -0.1) is 0 Å². The Morgan fingerprint density at radius 3 is 3.13 bits per heavy atom. The lowest BCUT2D eigenvalue weighted by molar-refractivity contribution is 0.321. The van der Waals surface area contributed by atoms with Crippen LogP contribution in [0.4, 0.5) is 0 Å². The second-order valence-electron chi connectivity index (χ2n) is 4.01. The molecule has 1 aromatic rings. The Hall–Kier alpha value is -0.120. The monoisotopic (exact) mass is 288 g/mol. The molecule has 2 nitrogen and oxygen atoms in total. The first-order chi connectivity index (χ1) is 7.29. The lowest BCUT2D eigenvalue weighted by Crippen LogP contribution is -2.20. The average molecular weight is 290 g/mol. The highest BCUT2D eigenvalue weighted by molar-refractivity contribution is 9.09. The summed E-state index contributed by atoms with van der Waals surface area (Å²) in [7, 11) is 0. The van der Waals surface area contributed by atoms with Crippen LogP contribution in [-0.2, 0) is 6.54 Å². The van der Waals surface area contributed by atoms with Crippen molar-refractivity contribution in [1.82, 2.24) is 9.88 Å². The molecule has 0 radical (unpaired) electrons. The molecular formula is C11H14BrClN2. The Kier molecular flexibility index (Phi) is 4.00. The molecule has 1 atom stereocenters. The summed E-state index contributed by atoms with van der Waals surface area (Å²) in [5.41, 5.74) is 1.18. The average Bonchev–Trinajstić information content (AvgIpc) is 2.69. The van der Waals surface area contributed by atoms with Crippen LogP contribution in [0.2, 0.25) is 5.02 Å². The standard InChI is InChI=1S/C11H14BrClN2/c12-5-9-2-4-15(7-9)8-10-1-3-14-6-11(10)13/h1,3,6,9H,2,4-5,7-8H2. The largest absolute Gasteiger partial charge is 0.299 e. The second-order valence-corrected chi connectivity index (χ2v) is 5.07. The highest BCUT2D eigenvalue weighted by Gasteiger charge is 2.21. The number of alkyl halides is 1. The lowest BCUT2D eigenvalue weighted by Gasteiger charge is -2.16. The van der Waals surface area contributed by atoms with Gasteiger partial charge in [-0.2, -0.15) is 0 Å². The number of halogens is 2. The maximum Gasteiger partial charge on any atom is 0.0634 e. The fourth-order valence-electron chi connectivity index (χ4n) is 1.96. The van der Waals surface area contributed by atoms with Crippen LogP contribution in [0.5, 0.6) is 0 Å². The number of pyridine rings is 1. The fraction of sp³-hybridized carbons (Fsp3) is 0.545. The van der Waals surface area contributed by atoms with Crippen molar-refractivity contribution in [3.05, 3.63) is 29.0 Å². The highest BCUT2D eigenvalue weighted by atomic mass is 79.9. The predicted octanol–water partition coefficient (Wildman–Crippen LogP) is 2.95. The molecule has 2 heterocycles. The van der Waals surface area contributed by atoms with Gasteiger partial charge in [-0.05, 0) is 30.5 Å². The van der Waals surface area contributed by atoms with Gasteiger partial charge in [0, 0.05) is 30.8 Å². The summed E-state index contributed by atoms with van der Waals surface area (Å²) in [5.74, 6) is 0.797. The van der Waals surface area contributed by atoms with E-state index in [0.29, 0.717) is 0 Å². The Bertz CT molecular complexity index is 332. The Morgan fingerprint density at radius 1 is 1.60 bits per heavy atom. The summed E-state index contributed by atoms with van der Waals surface area (Å²) in [6.07, 6.45) is 4.81. The van der Waals surface area contributed by atoms with E-state index in [0.717, 1.165) is 22.8 Å². The number of nitrogens with zero attached hydrogens (tertiary/aromatic N) is 2. The summed E-state index contributed by atoms with van der Waals surface area (Å²) in [5, 5.41) is 1.88. The van der Waals surface area contributed by atoms with E-state index in [1.807, 2.05) is 6.07 Å². The van der Waals surface area contributed by atoms with Crippen LogP contribution in [0, 0.1) is 5.92 Å². The molecule has 0 saturated carbocycles. The van der Waals surface area contributed by atoms with Crippen molar-refractivity contribution in [1.29, 1.82) is 0 Å². The van der Waals surface area contributed by atoms with E-state index in [4.69, 9.17) is 11.6 Å². The van der Waals surface area contributed by atoms with E-state index >= 15 is 0 Å². The Labute approximate surface area is 104 Å². The molecule has 0 amide bonds. The van der Waals surface area contributed by atoms with Crippen LogP contribution >= 0.6 is 27.5 Å². The van der Waals surface area contributed by atoms with Crippen molar-refractivity contribution < 1.29 is 0 Å². The number of hydrogen-bond acceptors (Lipinski definition) is 2. The fourth-order valence-corrected chi connectivity index (χ4v) is 2.66. The van der Waals surface area contributed by atoms with Crippen molar-refractivity contribution in [3.8, 4) is 0 Å². The van der Waals surface area contributed by atoms with Gasteiger partial charge in [-0.25, -0.2) is 0 Å². The number of likely N-dealkylation sites (tertiary alicyclic amines) is 1. The predicted molar refractivity (Wildman–Crippen MR) is 66.4 cm³/mol. The molecule has 1 aliphatic heterocycles. The van der Waals surface area contributed by atoms with E-state index in [-0.39, 0.29) is 0 Å². The molecule has 4 heteroatoms. The minimum atomic E-state index is 0.778. The van der Waals surface area contributed by atoms with Crippen LogP contribution < -0.4 is 0 Å². The third-order valence-electron chi connectivity index (χ3n) is 2.84. The SMILES string of the molecule is Clc1cnccc1CN1CCC(CBr)C1. The zero-order valence-corrected chi connectivity index (χ0v) is 10.8. The summed E-state index contributed by atoms with van der Waals surface area (Å²) >= 11 is 9.62. The molecule has 1 saturated heterocycles. The lowest BCUT2D eigenvalue weighted by atomic mass is 10.2. The summed E-state index contributed by atoms with van der Waals surface area (Å²) in [4.78, 5) is 6.44. The number of rotatable bonds is 3. The van der Waals surface area contributed by atoms with E-state index < -0.39 is 0 Å². The number of aromatic nitrogens is 1. The molecule has 1 aromatic heterocycles. The van der Waals surface area contributed by atoms with Crippen molar-refractivity contribution in [2.45, 2.75) is 13.0 Å². The molecule has 1 unspecified atom stereocenters. The smallest absolute Gasteiger partial charge is 0.0634 e. The first-order valence-corrected chi connectivity index (χ1v) is 6.66. The van der Waals surface area contributed by atoms with Crippen molar-refractivity contribution in [2.75, 3.05) is 18.4 Å². The summed E-state index contributed by atoms with van der Waals surface area (Å²) < 4.78 is 0. The first-order valence-electron chi connectivity index (χ1n) is 5.16. The van der Waals surface area contributed by atoms with Crippen molar-refractivity contribution in [3.63, 3.8) is 0 Å².